The minimum Gasteiger partial charge on any atom is -0.477 e. The Labute approximate surface area is 99.2 Å². The number of aromatic carboxylic acids is 1. The maximum Gasteiger partial charge on any atom is 0.354 e. The molecule has 0 saturated carbocycles. The van der Waals surface area contributed by atoms with Crippen LogP contribution in [0.2, 0.25) is 0 Å². The molecule has 0 spiro atoms. The largest absolute Gasteiger partial charge is 0.477 e. The topological polar surface area (TPSA) is 75.6 Å². The SMILES string of the molecule is C[C@@H]1CN(c2cc(C(=O)O)ncn2)C[C@@H](C)O1. The van der Waals surface area contributed by atoms with Crippen LogP contribution in [0.4, 0.5) is 5.82 Å². The number of aromatic nitrogens is 2. The summed E-state index contributed by atoms with van der Waals surface area (Å²) in [6.07, 6.45) is 1.51. The molecule has 6 nitrogen and oxygen atoms in total. The first-order chi connectivity index (χ1) is 8.06. The highest BCUT2D eigenvalue weighted by Crippen LogP contribution is 2.18. The molecule has 92 valence electrons. The molecule has 0 amide bonds. The zero-order valence-electron chi connectivity index (χ0n) is 9.83. The van der Waals surface area contributed by atoms with E-state index in [-0.39, 0.29) is 17.9 Å². The number of rotatable bonds is 2. The summed E-state index contributed by atoms with van der Waals surface area (Å²) in [4.78, 5) is 20.7. The predicted octanol–water partition coefficient (Wildman–Crippen LogP) is 0.788. The van der Waals surface area contributed by atoms with Crippen LogP contribution in [0.1, 0.15) is 24.3 Å². The number of ether oxygens (including phenoxy) is 1. The lowest BCUT2D eigenvalue weighted by Gasteiger charge is -2.36. The molecule has 1 fully saturated rings. The van der Waals surface area contributed by atoms with Gasteiger partial charge in [-0.3, -0.25) is 0 Å². The smallest absolute Gasteiger partial charge is 0.354 e. The van der Waals surface area contributed by atoms with Gasteiger partial charge in [0.15, 0.2) is 5.69 Å². The molecule has 1 aliphatic heterocycles. The molecule has 1 aromatic heterocycles. The van der Waals surface area contributed by atoms with E-state index in [1.165, 1.54) is 12.4 Å². The highest BCUT2D eigenvalue weighted by Gasteiger charge is 2.23. The molecule has 0 aliphatic carbocycles. The van der Waals surface area contributed by atoms with Crippen molar-refractivity contribution in [3.8, 4) is 0 Å². The quantitative estimate of drug-likeness (QED) is 0.819. The van der Waals surface area contributed by atoms with Gasteiger partial charge in [0.05, 0.1) is 12.2 Å². The fraction of sp³-hybridized carbons (Fsp3) is 0.545. The third-order valence-corrected chi connectivity index (χ3v) is 2.62. The molecule has 1 N–H and O–H groups in total. The van der Waals surface area contributed by atoms with Crippen molar-refractivity contribution in [2.45, 2.75) is 26.1 Å². The number of carbonyl (C=O) groups is 1. The lowest BCUT2D eigenvalue weighted by Crippen LogP contribution is -2.45. The third-order valence-electron chi connectivity index (χ3n) is 2.62. The molecule has 0 unspecified atom stereocenters. The van der Waals surface area contributed by atoms with Crippen LogP contribution >= 0.6 is 0 Å². The van der Waals surface area contributed by atoms with Crippen LogP contribution in [-0.2, 0) is 4.74 Å². The van der Waals surface area contributed by atoms with Gasteiger partial charge in [-0.15, -0.1) is 0 Å². The fourth-order valence-corrected chi connectivity index (χ4v) is 2.00. The first kappa shape index (κ1) is 11.8. The third kappa shape index (κ3) is 2.71. The van der Waals surface area contributed by atoms with Gasteiger partial charge in [-0.05, 0) is 13.8 Å². The minimum absolute atomic E-state index is 0.0156. The van der Waals surface area contributed by atoms with Crippen molar-refractivity contribution >= 4 is 11.8 Å². The van der Waals surface area contributed by atoms with Crippen LogP contribution in [-0.4, -0.2) is 46.3 Å². The van der Waals surface area contributed by atoms with Crippen LogP contribution in [0, 0.1) is 0 Å². The number of hydrogen-bond acceptors (Lipinski definition) is 5. The van der Waals surface area contributed by atoms with Crippen LogP contribution in [0.15, 0.2) is 12.4 Å². The van der Waals surface area contributed by atoms with Gasteiger partial charge in [-0.25, -0.2) is 14.8 Å². The molecule has 1 saturated heterocycles. The molecular formula is C11H15N3O3. The molecule has 2 rings (SSSR count). The summed E-state index contributed by atoms with van der Waals surface area (Å²) in [6, 6.07) is 1.49. The normalized spacial score (nSPS) is 24.7. The van der Waals surface area contributed by atoms with E-state index in [1.807, 2.05) is 18.7 Å². The molecule has 0 radical (unpaired) electrons. The average molecular weight is 237 g/mol. The molecule has 0 bridgehead atoms. The molecule has 6 heteroatoms. The maximum absolute atomic E-state index is 10.8. The van der Waals surface area contributed by atoms with Crippen LogP contribution in [0.3, 0.4) is 0 Å². The van der Waals surface area contributed by atoms with Gasteiger partial charge in [0, 0.05) is 19.2 Å². The fourth-order valence-electron chi connectivity index (χ4n) is 2.00. The number of hydrogen-bond donors (Lipinski definition) is 1. The average Bonchev–Trinajstić information content (AvgIpc) is 2.28. The Morgan fingerprint density at radius 3 is 2.65 bits per heavy atom. The molecular weight excluding hydrogens is 222 g/mol. The summed E-state index contributed by atoms with van der Waals surface area (Å²) in [7, 11) is 0. The summed E-state index contributed by atoms with van der Waals surface area (Å²) in [5.74, 6) is -0.401. The summed E-state index contributed by atoms with van der Waals surface area (Å²) in [5, 5.41) is 8.88. The summed E-state index contributed by atoms with van der Waals surface area (Å²) in [5.41, 5.74) is 0.0156. The molecule has 2 atom stereocenters. The zero-order chi connectivity index (χ0) is 12.4. The van der Waals surface area contributed by atoms with Gasteiger partial charge in [-0.2, -0.15) is 0 Å². The van der Waals surface area contributed by atoms with Gasteiger partial charge in [0.1, 0.15) is 12.1 Å². The monoisotopic (exact) mass is 237 g/mol. The van der Waals surface area contributed by atoms with Crippen molar-refractivity contribution in [3.05, 3.63) is 18.1 Å². The van der Waals surface area contributed by atoms with Crippen LogP contribution in [0.25, 0.3) is 0 Å². The van der Waals surface area contributed by atoms with Gasteiger partial charge >= 0.3 is 5.97 Å². The first-order valence-corrected chi connectivity index (χ1v) is 5.52. The van der Waals surface area contributed by atoms with E-state index in [9.17, 15) is 4.79 Å². The summed E-state index contributed by atoms with van der Waals surface area (Å²) < 4.78 is 5.61. The molecule has 1 aromatic rings. The summed E-state index contributed by atoms with van der Waals surface area (Å²) >= 11 is 0. The van der Waals surface area contributed by atoms with E-state index in [2.05, 4.69) is 9.97 Å². The lowest BCUT2D eigenvalue weighted by atomic mass is 10.2. The van der Waals surface area contributed by atoms with Gasteiger partial charge in [-0.1, -0.05) is 0 Å². The van der Waals surface area contributed by atoms with E-state index in [0.29, 0.717) is 18.9 Å². The van der Waals surface area contributed by atoms with Gasteiger partial charge in [0.2, 0.25) is 0 Å². The second kappa shape index (κ2) is 4.67. The summed E-state index contributed by atoms with van der Waals surface area (Å²) in [6.45, 7) is 5.39. The Morgan fingerprint density at radius 2 is 2.06 bits per heavy atom. The Hall–Kier alpha value is -1.69. The van der Waals surface area contributed by atoms with E-state index >= 15 is 0 Å². The second-order valence-corrected chi connectivity index (χ2v) is 4.23. The van der Waals surface area contributed by atoms with E-state index in [1.54, 1.807) is 0 Å². The highest BCUT2D eigenvalue weighted by atomic mass is 16.5. The van der Waals surface area contributed by atoms with Crippen molar-refractivity contribution in [1.82, 2.24) is 9.97 Å². The predicted molar refractivity (Wildman–Crippen MR) is 61.2 cm³/mol. The zero-order valence-corrected chi connectivity index (χ0v) is 9.83. The van der Waals surface area contributed by atoms with Crippen molar-refractivity contribution in [2.75, 3.05) is 18.0 Å². The van der Waals surface area contributed by atoms with Crippen molar-refractivity contribution in [2.24, 2.45) is 0 Å². The Morgan fingerprint density at radius 1 is 1.41 bits per heavy atom. The van der Waals surface area contributed by atoms with Crippen molar-refractivity contribution < 1.29 is 14.6 Å². The second-order valence-electron chi connectivity index (χ2n) is 4.23. The van der Waals surface area contributed by atoms with Crippen molar-refractivity contribution in [1.29, 1.82) is 0 Å². The number of morpholine rings is 1. The number of carboxylic acid groups (broad SMARTS) is 1. The lowest BCUT2D eigenvalue weighted by molar-refractivity contribution is -0.00546. The number of carboxylic acids is 1. The molecule has 2 heterocycles. The van der Waals surface area contributed by atoms with E-state index < -0.39 is 5.97 Å². The first-order valence-electron chi connectivity index (χ1n) is 5.52. The van der Waals surface area contributed by atoms with Gasteiger partial charge < -0.3 is 14.7 Å². The van der Waals surface area contributed by atoms with E-state index in [0.717, 1.165) is 0 Å². The van der Waals surface area contributed by atoms with Crippen LogP contribution in [0.5, 0.6) is 0 Å². The Bertz CT molecular complexity index is 414. The van der Waals surface area contributed by atoms with Crippen LogP contribution < -0.4 is 4.90 Å². The number of anilines is 1. The van der Waals surface area contributed by atoms with Crippen molar-refractivity contribution in [3.63, 3.8) is 0 Å². The van der Waals surface area contributed by atoms with E-state index in [4.69, 9.17) is 9.84 Å². The van der Waals surface area contributed by atoms with Gasteiger partial charge in [0.25, 0.3) is 0 Å². The molecule has 17 heavy (non-hydrogen) atoms. The maximum atomic E-state index is 10.8. The molecule has 1 aliphatic rings. The number of nitrogens with zero attached hydrogens (tertiary/aromatic N) is 3. The minimum atomic E-state index is -1.04. The molecule has 0 aromatic carbocycles. The standard InChI is InChI=1S/C11H15N3O3/c1-7-4-14(5-8(2)17-7)10-3-9(11(15)16)12-6-13-10/h3,6-8H,4-5H2,1-2H3,(H,15,16)/t7-,8-/m1/s1. The Kier molecular flexibility index (Phi) is 3.23. The Balaban J connectivity index is 2.21. The highest BCUT2D eigenvalue weighted by molar-refractivity contribution is 5.86.